The van der Waals surface area contributed by atoms with Gasteiger partial charge >= 0.3 is 6.03 Å². The normalized spacial score (nSPS) is 21.9. The van der Waals surface area contributed by atoms with Crippen LogP contribution in [-0.4, -0.2) is 60.6 Å². The van der Waals surface area contributed by atoms with Crippen LogP contribution in [0.5, 0.6) is 11.5 Å². The van der Waals surface area contributed by atoms with Crippen molar-refractivity contribution in [2.24, 2.45) is 0 Å². The topological polar surface area (TPSA) is 88.2 Å². The summed E-state index contributed by atoms with van der Waals surface area (Å²) in [6.45, 7) is 1.55. The lowest BCUT2D eigenvalue weighted by Gasteiger charge is -2.22. The van der Waals surface area contributed by atoms with Gasteiger partial charge in [-0.2, -0.15) is 0 Å². The predicted molar refractivity (Wildman–Crippen MR) is 83.6 cm³/mol. The predicted octanol–water partition coefficient (Wildman–Crippen LogP) is 0.357. The minimum absolute atomic E-state index is 0.173. The van der Waals surface area contributed by atoms with Gasteiger partial charge < -0.3 is 19.7 Å². The molecule has 0 aliphatic carbocycles. The number of carbonyl (C=O) groups excluding carboxylic acids is 3. The number of likely N-dealkylation sites (N-methyl/N-ethyl adjacent to an activating group) is 1. The summed E-state index contributed by atoms with van der Waals surface area (Å²) in [7, 11) is 3.15. The van der Waals surface area contributed by atoms with Gasteiger partial charge in [-0.3, -0.25) is 14.5 Å². The van der Waals surface area contributed by atoms with Gasteiger partial charge in [-0.05, 0) is 24.6 Å². The van der Waals surface area contributed by atoms with E-state index in [9.17, 15) is 14.4 Å². The summed E-state index contributed by atoms with van der Waals surface area (Å²) >= 11 is 0. The van der Waals surface area contributed by atoms with Gasteiger partial charge in [0.25, 0.3) is 5.91 Å². The summed E-state index contributed by atoms with van der Waals surface area (Å²) in [5.41, 5.74) is -0.270. The average Bonchev–Trinajstić information content (AvgIpc) is 3.05. The number of nitrogens with zero attached hydrogens (tertiary/aromatic N) is 2. The first kappa shape index (κ1) is 16.1. The van der Waals surface area contributed by atoms with Gasteiger partial charge in [-0.25, -0.2) is 4.79 Å². The standard InChI is InChI=1S/C16H19N3O5/c1-16(7-10-4-5-11-12(6-10)24-9-23-11)14(21)19(15(22)17-16)8-13(20)18(2)3/h4-6H,7-9H2,1-3H3,(H,17,22)/t16-/m1/s1. The number of fused-ring (bicyclic) bond motifs is 1. The van der Waals surface area contributed by atoms with Crippen molar-refractivity contribution >= 4 is 17.8 Å². The van der Waals surface area contributed by atoms with Crippen molar-refractivity contribution in [2.45, 2.75) is 18.9 Å². The largest absolute Gasteiger partial charge is 0.454 e. The van der Waals surface area contributed by atoms with Gasteiger partial charge in [-0.15, -0.1) is 0 Å². The number of amides is 4. The van der Waals surface area contributed by atoms with E-state index in [1.54, 1.807) is 33.2 Å². The molecule has 1 aromatic carbocycles. The maximum absolute atomic E-state index is 12.6. The Morgan fingerprint density at radius 3 is 2.71 bits per heavy atom. The molecule has 24 heavy (non-hydrogen) atoms. The molecular formula is C16H19N3O5. The molecule has 0 aromatic heterocycles. The molecule has 2 heterocycles. The first-order valence-corrected chi connectivity index (χ1v) is 7.53. The lowest BCUT2D eigenvalue weighted by Crippen LogP contribution is -2.46. The van der Waals surface area contributed by atoms with E-state index in [-0.39, 0.29) is 19.2 Å². The fraction of sp³-hybridized carbons (Fsp3) is 0.438. The van der Waals surface area contributed by atoms with Crippen LogP contribution in [0, 0.1) is 0 Å². The van der Waals surface area contributed by atoms with Gasteiger partial charge in [0.15, 0.2) is 11.5 Å². The quantitative estimate of drug-likeness (QED) is 0.804. The fourth-order valence-electron chi connectivity index (χ4n) is 2.75. The van der Waals surface area contributed by atoms with Gasteiger partial charge in [0, 0.05) is 20.5 Å². The second-order valence-electron chi connectivity index (χ2n) is 6.31. The van der Waals surface area contributed by atoms with Gasteiger partial charge in [-0.1, -0.05) is 6.07 Å². The smallest absolute Gasteiger partial charge is 0.325 e. The minimum Gasteiger partial charge on any atom is -0.454 e. The van der Waals surface area contributed by atoms with Crippen molar-refractivity contribution in [1.82, 2.24) is 15.1 Å². The molecule has 0 bridgehead atoms. The van der Waals surface area contributed by atoms with Crippen LogP contribution in [0.25, 0.3) is 0 Å². The molecule has 0 unspecified atom stereocenters. The molecule has 1 saturated heterocycles. The average molecular weight is 333 g/mol. The number of benzene rings is 1. The fourth-order valence-corrected chi connectivity index (χ4v) is 2.75. The van der Waals surface area contributed by atoms with E-state index in [1.165, 1.54) is 4.90 Å². The molecule has 1 N–H and O–H groups in total. The highest BCUT2D eigenvalue weighted by Crippen LogP contribution is 2.34. The first-order valence-electron chi connectivity index (χ1n) is 7.53. The van der Waals surface area contributed by atoms with Gasteiger partial charge in [0.1, 0.15) is 12.1 Å². The molecule has 128 valence electrons. The first-order chi connectivity index (χ1) is 11.3. The van der Waals surface area contributed by atoms with E-state index in [0.29, 0.717) is 17.9 Å². The van der Waals surface area contributed by atoms with Gasteiger partial charge in [0.05, 0.1) is 0 Å². The van der Waals surface area contributed by atoms with Gasteiger partial charge in [0.2, 0.25) is 12.7 Å². The maximum atomic E-state index is 12.6. The molecule has 4 amide bonds. The van der Waals surface area contributed by atoms with Crippen LogP contribution in [0.2, 0.25) is 0 Å². The zero-order valence-corrected chi connectivity index (χ0v) is 13.8. The number of imide groups is 1. The number of hydrogen-bond donors (Lipinski definition) is 1. The Morgan fingerprint density at radius 2 is 2.00 bits per heavy atom. The molecule has 1 aromatic rings. The number of carbonyl (C=O) groups is 3. The molecule has 1 fully saturated rings. The third kappa shape index (κ3) is 2.75. The highest BCUT2D eigenvalue weighted by atomic mass is 16.7. The Morgan fingerprint density at radius 1 is 1.29 bits per heavy atom. The van der Waals surface area contributed by atoms with Crippen molar-refractivity contribution in [3.05, 3.63) is 23.8 Å². The summed E-state index contributed by atoms with van der Waals surface area (Å²) < 4.78 is 10.6. The number of ether oxygens (including phenoxy) is 2. The molecule has 3 rings (SSSR count). The van der Waals surface area contributed by atoms with Crippen LogP contribution in [0.4, 0.5) is 4.79 Å². The Labute approximate surface area is 139 Å². The van der Waals surface area contributed by atoms with Crippen LogP contribution < -0.4 is 14.8 Å². The minimum atomic E-state index is -1.10. The molecule has 0 saturated carbocycles. The molecule has 8 nitrogen and oxygen atoms in total. The number of urea groups is 1. The van der Waals surface area contributed by atoms with Crippen molar-refractivity contribution in [1.29, 1.82) is 0 Å². The Hall–Kier alpha value is -2.77. The summed E-state index contributed by atoms with van der Waals surface area (Å²) in [6.07, 6.45) is 0.293. The van der Waals surface area contributed by atoms with Crippen LogP contribution in [-0.2, 0) is 16.0 Å². The van der Waals surface area contributed by atoms with Crippen molar-refractivity contribution < 1.29 is 23.9 Å². The molecule has 2 aliphatic rings. The molecule has 2 aliphatic heterocycles. The molecule has 8 heteroatoms. The van der Waals surface area contributed by atoms with E-state index in [1.807, 2.05) is 6.07 Å². The zero-order valence-electron chi connectivity index (χ0n) is 13.8. The second-order valence-corrected chi connectivity index (χ2v) is 6.31. The monoisotopic (exact) mass is 333 g/mol. The summed E-state index contributed by atoms with van der Waals surface area (Å²) in [5.74, 6) is 0.544. The highest BCUT2D eigenvalue weighted by molar-refractivity contribution is 6.08. The third-order valence-corrected chi connectivity index (χ3v) is 4.13. The summed E-state index contributed by atoms with van der Waals surface area (Å²) in [5, 5.41) is 2.69. The summed E-state index contributed by atoms with van der Waals surface area (Å²) in [6, 6.07) is 4.83. The maximum Gasteiger partial charge on any atom is 0.325 e. The molecule has 0 radical (unpaired) electrons. The highest BCUT2D eigenvalue weighted by Gasteiger charge is 2.48. The van der Waals surface area contributed by atoms with E-state index >= 15 is 0 Å². The van der Waals surface area contributed by atoms with Crippen LogP contribution in [0.3, 0.4) is 0 Å². The number of hydrogen-bond acceptors (Lipinski definition) is 5. The Bertz CT molecular complexity index is 718. The van der Waals surface area contributed by atoms with Crippen LogP contribution >= 0.6 is 0 Å². The molecule has 1 atom stereocenters. The number of nitrogens with one attached hydrogen (secondary N) is 1. The van der Waals surface area contributed by atoms with Crippen molar-refractivity contribution in [3.63, 3.8) is 0 Å². The Kier molecular flexibility index (Phi) is 3.82. The SMILES string of the molecule is CN(C)C(=O)CN1C(=O)N[C@](C)(Cc2ccc3c(c2)OCO3)C1=O. The lowest BCUT2D eigenvalue weighted by molar-refractivity contribution is -0.137. The van der Waals surface area contributed by atoms with E-state index in [2.05, 4.69) is 5.32 Å². The lowest BCUT2D eigenvalue weighted by atomic mass is 9.92. The molecule has 0 spiro atoms. The third-order valence-electron chi connectivity index (χ3n) is 4.13. The van der Waals surface area contributed by atoms with E-state index in [0.717, 1.165) is 10.5 Å². The van der Waals surface area contributed by atoms with Crippen LogP contribution in [0.1, 0.15) is 12.5 Å². The van der Waals surface area contributed by atoms with E-state index in [4.69, 9.17) is 9.47 Å². The zero-order chi connectivity index (χ0) is 17.5. The van der Waals surface area contributed by atoms with Crippen molar-refractivity contribution in [3.8, 4) is 11.5 Å². The Balaban J connectivity index is 1.77. The molecular weight excluding hydrogens is 314 g/mol. The van der Waals surface area contributed by atoms with Crippen molar-refractivity contribution in [2.75, 3.05) is 27.4 Å². The number of rotatable bonds is 4. The van der Waals surface area contributed by atoms with Crippen LogP contribution in [0.15, 0.2) is 18.2 Å². The second kappa shape index (κ2) is 5.70. The van der Waals surface area contributed by atoms with E-state index < -0.39 is 17.5 Å². The summed E-state index contributed by atoms with van der Waals surface area (Å²) in [4.78, 5) is 38.9.